The van der Waals surface area contributed by atoms with E-state index in [2.05, 4.69) is 16.0 Å². The maximum atomic E-state index is 14.3. The first-order chi connectivity index (χ1) is 22.0. The Kier molecular flexibility index (Phi) is 13.1. The van der Waals surface area contributed by atoms with Crippen LogP contribution in [0.5, 0.6) is 0 Å². The molecule has 3 aromatic carbocycles. The van der Waals surface area contributed by atoms with Crippen LogP contribution in [0.25, 0.3) is 0 Å². The zero-order valence-corrected chi connectivity index (χ0v) is 28.2. The van der Waals surface area contributed by atoms with E-state index in [-0.39, 0.29) is 23.3 Å². The van der Waals surface area contributed by atoms with Gasteiger partial charge >= 0.3 is 5.97 Å². The minimum atomic E-state index is -2.17. The van der Waals surface area contributed by atoms with E-state index in [1.54, 1.807) is 20.8 Å². The van der Waals surface area contributed by atoms with Crippen LogP contribution in [-0.2, 0) is 23.9 Å². The third-order valence-electron chi connectivity index (χ3n) is 7.71. The van der Waals surface area contributed by atoms with E-state index in [1.165, 1.54) is 13.2 Å². The minimum absolute atomic E-state index is 0.0632. The Morgan fingerprint density at radius 3 is 1.57 bits per heavy atom. The van der Waals surface area contributed by atoms with Gasteiger partial charge in [-0.05, 0) is 69.8 Å². The second kappa shape index (κ2) is 16.8. The van der Waals surface area contributed by atoms with Crippen LogP contribution in [-0.4, -0.2) is 54.7 Å². The predicted octanol–water partition coefficient (Wildman–Crippen LogP) is 4.77. The van der Waals surface area contributed by atoms with Gasteiger partial charge in [-0.1, -0.05) is 88.4 Å². The first-order valence-corrected chi connectivity index (χ1v) is 17.1. The smallest absolute Gasteiger partial charge is 0.328 e. The Hall–Kier alpha value is -4.41. The molecule has 46 heavy (non-hydrogen) atoms. The average molecular weight is 647 g/mol. The van der Waals surface area contributed by atoms with Gasteiger partial charge in [-0.15, -0.1) is 0 Å². The molecule has 3 aromatic rings. The molecule has 0 spiro atoms. The van der Waals surface area contributed by atoms with E-state index in [0.717, 1.165) is 14.7 Å². The summed E-state index contributed by atoms with van der Waals surface area (Å²) in [6.07, 6.45) is 1.45. The van der Waals surface area contributed by atoms with E-state index in [4.69, 9.17) is 10.5 Å². The Labute approximate surface area is 273 Å². The lowest BCUT2D eigenvalue weighted by Gasteiger charge is -2.43. The monoisotopic (exact) mass is 646 g/mol. The van der Waals surface area contributed by atoms with E-state index in [9.17, 15) is 19.2 Å². The van der Waals surface area contributed by atoms with Crippen LogP contribution in [0.4, 0.5) is 0 Å². The summed E-state index contributed by atoms with van der Waals surface area (Å²) in [6, 6.07) is 26.9. The lowest BCUT2D eigenvalue weighted by atomic mass is 10.0. The molecular weight excluding hydrogens is 600 g/mol. The first-order valence-electron chi connectivity index (χ1n) is 15.3. The number of methoxy groups -OCH3 is 1. The summed E-state index contributed by atoms with van der Waals surface area (Å²) in [7, 11) is -0.925. The van der Waals surface area contributed by atoms with Crippen molar-refractivity contribution in [2.75, 3.05) is 12.9 Å². The van der Waals surface area contributed by atoms with Crippen molar-refractivity contribution in [2.45, 2.75) is 67.4 Å². The number of amides is 3. The molecule has 0 saturated heterocycles. The summed E-state index contributed by atoms with van der Waals surface area (Å²) in [5, 5.41) is 8.33. The molecule has 0 aliphatic carbocycles. The summed E-state index contributed by atoms with van der Waals surface area (Å²) >= 11 is 0. The van der Waals surface area contributed by atoms with Crippen LogP contribution in [0.2, 0.25) is 0 Å². The number of ether oxygens (including phenoxy) is 1. The van der Waals surface area contributed by atoms with Crippen LogP contribution >= 0.6 is 10.0 Å². The van der Waals surface area contributed by atoms with Crippen molar-refractivity contribution in [1.82, 2.24) is 16.0 Å². The molecule has 5 N–H and O–H groups in total. The Balaban J connectivity index is 2.13. The molecule has 0 aromatic heterocycles. The van der Waals surface area contributed by atoms with Crippen molar-refractivity contribution in [3.05, 3.63) is 103 Å². The van der Waals surface area contributed by atoms with E-state index in [0.29, 0.717) is 0 Å². The molecule has 0 heterocycles. The quantitative estimate of drug-likeness (QED) is 0.147. The summed E-state index contributed by atoms with van der Waals surface area (Å²) in [5.41, 5.74) is 6.19. The fourth-order valence-electron chi connectivity index (χ4n) is 4.98. The first kappa shape index (κ1) is 36.1. The molecule has 0 radical (unpaired) electrons. The maximum absolute atomic E-state index is 14.3. The average Bonchev–Trinajstić information content (AvgIpc) is 3.07. The second-order valence-corrected chi connectivity index (χ2v) is 14.8. The molecule has 0 aliphatic rings. The van der Waals surface area contributed by atoms with Crippen LogP contribution in [0.1, 0.15) is 34.6 Å². The molecule has 10 heteroatoms. The van der Waals surface area contributed by atoms with Gasteiger partial charge in [0.25, 0.3) is 5.91 Å². The van der Waals surface area contributed by atoms with E-state index >= 15 is 0 Å². The summed E-state index contributed by atoms with van der Waals surface area (Å²) in [6.45, 7) is 8.83. The summed E-state index contributed by atoms with van der Waals surface area (Å²) in [4.78, 5) is 56.4. The number of rotatable bonds is 14. The number of hydrogen-bond acceptors (Lipinski definition) is 6. The minimum Gasteiger partial charge on any atom is -0.467 e. The number of benzene rings is 3. The fourth-order valence-corrected chi connectivity index (χ4v) is 8.98. The normalized spacial score (nSPS) is 14.2. The Bertz CT molecular complexity index is 1400. The number of carbonyl (C=O) groups is 4. The number of esters is 1. The van der Waals surface area contributed by atoms with Crippen LogP contribution < -0.4 is 21.7 Å². The standard InChI is InChI=1S/C36H46N4O5S/c1-7-29(33(41)40-32(25(4)5)36(44)45-6)38-34(42)30(39-35(43)31(37)24(2)3)23-46(26-17-11-8-12-18-26,27-19-13-9-14-20-27)28-21-15-10-16-22-28/h7-22,24-25,30-32H,23,37H2,1-6H3,(H,38,42)(H,39,43)(H,40,41)/b29-7-/t30-,31-,32+/m1/s1. The number of allylic oxidation sites excluding steroid dienone is 1. The van der Waals surface area contributed by atoms with Gasteiger partial charge in [0.05, 0.1) is 13.2 Å². The van der Waals surface area contributed by atoms with Crippen molar-refractivity contribution in [2.24, 2.45) is 17.6 Å². The Morgan fingerprint density at radius 2 is 1.20 bits per heavy atom. The van der Waals surface area contributed by atoms with Gasteiger partial charge in [0.2, 0.25) is 11.8 Å². The van der Waals surface area contributed by atoms with Crippen molar-refractivity contribution in [3.63, 3.8) is 0 Å². The Morgan fingerprint density at radius 1 is 0.739 bits per heavy atom. The zero-order chi connectivity index (χ0) is 33.9. The van der Waals surface area contributed by atoms with Gasteiger partial charge in [-0.2, -0.15) is 10.0 Å². The number of hydrogen-bond donors (Lipinski definition) is 4. The lowest BCUT2D eigenvalue weighted by Crippen LogP contribution is -2.55. The molecule has 3 rings (SSSR count). The molecular formula is C36H46N4O5S. The number of nitrogens with two attached hydrogens (primary N) is 1. The summed E-state index contributed by atoms with van der Waals surface area (Å²) in [5.74, 6) is -2.58. The molecule has 0 bridgehead atoms. The van der Waals surface area contributed by atoms with Gasteiger partial charge in [0.1, 0.15) is 17.8 Å². The van der Waals surface area contributed by atoms with Crippen LogP contribution in [0, 0.1) is 11.8 Å². The lowest BCUT2D eigenvalue weighted by molar-refractivity contribution is -0.146. The van der Waals surface area contributed by atoms with Crippen molar-refractivity contribution >= 4 is 33.7 Å². The molecule has 3 atom stereocenters. The molecule has 246 valence electrons. The highest BCUT2D eigenvalue weighted by Gasteiger charge is 2.38. The molecule has 0 saturated carbocycles. The SMILES string of the molecule is C/C=C(\NC(=O)[C@@H](CS(c1ccccc1)(c1ccccc1)c1ccccc1)NC(=O)[C@H](N)C(C)C)C(=O)N[C@H](C(=O)OC)C(C)C. The molecule has 9 nitrogen and oxygen atoms in total. The fraction of sp³-hybridized carbons (Fsp3) is 0.333. The largest absolute Gasteiger partial charge is 0.467 e. The van der Waals surface area contributed by atoms with Gasteiger partial charge in [-0.25, -0.2) is 4.79 Å². The third kappa shape index (κ3) is 8.64. The van der Waals surface area contributed by atoms with Crippen molar-refractivity contribution in [1.29, 1.82) is 0 Å². The van der Waals surface area contributed by atoms with Gasteiger partial charge in [-0.3, -0.25) is 14.4 Å². The molecule has 0 fully saturated rings. The highest BCUT2D eigenvalue weighted by atomic mass is 32.3. The van der Waals surface area contributed by atoms with Gasteiger partial charge < -0.3 is 26.4 Å². The zero-order valence-electron chi connectivity index (χ0n) is 27.4. The highest BCUT2D eigenvalue weighted by Crippen LogP contribution is 2.68. The third-order valence-corrected chi connectivity index (χ3v) is 11.8. The predicted molar refractivity (Wildman–Crippen MR) is 182 cm³/mol. The molecule has 0 unspecified atom stereocenters. The second-order valence-electron chi connectivity index (χ2n) is 11.6. The summed E-state index contributed by atoms with van der Waals surface area (Å²) < 4.78 is 4.86. The van der Waals surface area contributed by atoms with Crippen LogP contribution in [0.15, 0.2) is 117 Å². The maximum Gasteiger partial charge on any atom is 0.328 e. The molecule has 0 aliphatic heterocycles. The van der Waals surface area contributed by atoms with Crippen molar-refractivity contribution < 1.29 is 23.9 Å². The van der Waals surface area contributed by atoms with Gasteiger partial charge in [0, 0.05) is 5.75 Å². The van der Waals surface area contributed by atoms with Gasteiger partial charge in [0.15, 0.2) is 0 Å². The topological polar surface area (TPSA) is 140 Å². The van der Waals surface area contributed by atoms with E-state index < -0.39 is 51.8 Å². The van der Waals surface area contributed by atoms with Crippen molar-refractivity contribution in [3.8, 4) is 0 Å². The van der Waals surface area contributed by atoms with E-state index in [1.807, 2.05) is 105 Å². The number of nitrogens with one attached hydrogen (secondary N) is 3. The van der Waals surface area contributed by atoms with Crippen LogP contribution in [0.3, 0.4) is 0 Å². The number of carbonyl (C=O) groups excluding carboxylic acids is 4. The molecule has 3 amide bonds. The highest BCUT2D eigenvalue weighted by molar-refractivity contribution is 8.34.